The van der Waals surface area contributed by atoms with E-state index in [1.807, 2.05) is 12.5 Å². The van der Waals surface area contributed by atoms with Crippen molar-refractivity contribution >= 4 is 0 Å². The van der Waals surface area contributed by atoms with Gasteiger partial charge in [0, 0.05) is 32.4 Å². The van der Waals surface area contributed by atoms with E-state index in [1.54, 1.807) is 7.11 Å². The molecule has 1 rings (SSSR count). The molecule has 0 unspecified atom stereocenters. The molecule has 1 aromatic heterocycles. The quantitative estimate of drug-likeness (QED) is 0.696. The van der Waals surface area contributed by atoms with Gasteiger partial charge < -0.3 is 14.6 Å². The Bertz CT molecular complexity index is 258. The molecule has 0 atom stereocenters. The molecule has 4 heteroatoms. The molecule has 80 valence electrons. The summed E-state index contributed by atoms with van der Waals surface area (Å²) in [4.78, 5) is 4.13. The van der Waals surface area contributed by atoms with Crippen LogP contribution >= 0.6 is 0 Å². The molecule has 4 nitrogen and oxygen atoms in total. The third-order valence-electron chi connectivity index (χ3n) is 2.09. The standard InChI is InChI=1S/C10H19N3O/c1-9(2)13-8-12-7-10(13)6-11-4-5-14-3/h7-9,11H,4-6H2,1-3H3. The first kappa shape index (κ1) is 11.2. The van der Waals surface area contributed by atoms with Crippen LogP contribution in [-0.4, -0.2) is 29.8 Å². The lowest BCUT2D eigenvalue weighted by molar-refractivity contribution is 0.199. The number of nitrogens with zero attached hydrogens (tertiary/aromatic N) is 2. The topological polar surface area (TPSA) is 39.1 Å². The minimum absolute atomic E-state index is 0.469. The highest BCUT2D eigenvalue weighted by molar-refractivity contribution is 4.99. The first-order valence-corrected chi connectivity index (χ1v) is 4.96. The Morgan fingerprint density at radius 2 is 2.36 bits per heavy atom. The van der Waals surface area contributed by atoms with Gasteiger partial charge in [0.05, 0.1) is 18.6 Å². The van der Waals surface area contributed by atoms with Crippen LogP contribution in [0.4, 0.5) is 0 Å². The van der Waals surface area contributed by atoms with Crippen LogP contribution < -0.4 is 5.32 Å². The highest BCUT2D eigenvalue weighted by atomic mass is 16.5. The second kappa shape index (κ2) is 5.78. The number of hydrogen-bond donors (Lipinski definition) is 1. The van der Waals surface area contributed by atoms with Gasteiger partial charge in [0.15, 0.2) is 0 Å². The van der Waals surface area contributed by atoms with E-state index < -0.39 is 0 Å². The minimum atomic E-state index is 0.469. The van der Waals surface area contributed by atoms with Gasteiger partial charge in [-0.15, -0.1) is 0 Å². The predicted octanol–water partition coefficient (Wildman–Crippen LogP) is 1.20. The highest BCUT2D eigenvalue weighted by Gasteiger charge is 2.03. The molecule has 0 aliphatic carbocycles. The van der Waals surface area contributed by atoms with Crippen molar-refractivity contribution < 1.29 is 4.74 Å². The van der Waals surface area contributed by atoms with E-state index >= 15 is 0 Å². The third kappa shape index (κ3) is 3.12. The lowest BCUT2D eigenvalue weighted by Crippen LogP contribution is -2.20. The van der Waals surface area contributed by atoms with Crippen LogP contribution in [0.1, 0.15) is 25.6 Å². The van der Waals surface area contributed by atoms with Crippen LogP contribution in [0, 0.1) is 0 Å². The lowest BCUT2D eigenvalue weighted by Gasteiger charge is -2.11. The number of methoxy groups -OCH3 is 1. The SMILES string of the molecule is COCCNCc1cncn1C(C)C. The summed E-state index contributed by atoms with van der Waals surface area (Å²) in [6.45, 7) is 6.78. The Hall–Kier alpha value is -0.870. The molecule has 0 saturated heterocycles. The van der Waals surface area contributed by atoms with Crippen molar-refractivity contribution in [1.29, 1.82) is 0 Å². The Balaban J connectivity index is 2.38. The molecule has 0 saturated carbocycles. The second-order valence-corrected chi connectivity index (χ2v) is 3.56. The summed E-state index contributed by atoms with van der Waals surface area (Å²) in [5, 5.41) is 3.30. The maximum absolute atomic E-state index is 4.95. The molecule has 0 amide bonds. The molecule has 0 aliphatic heterocycles. The van der Waals surface area contributed by atoms with Gasteiger partial charge in [-0.2, -0.15) is 0 Å². The monoisotopic (exact) mass is 197 g/mol. The van der Waals surface area contributed by atoms with Gasteiger partial charge in [-0.05, 0) is 13.8 Å². The van der Waals surface area contributed by atoms with Crippen LogP contribution in [0.25, 0.3) is 0 Å². The zero-order chi connectivity index (χ0) is 10.4. The van der Waals surface area contributed by atoms with Gasteiger partial charge in [0.25, 0.3) is 0 Å². The molecule has 1 N–H and O–H groups in total. The summed E-state index contributed by atoms with van der Waals surface area (Å²) in [7, 11) is 1.71. The Labute approximate surface area is 85.3 Å². The molecule has 0 radical (unpaired) electrons. The molecule has 14 heavy (non-hydrogen) atoms. The average molecular weight is 197 g/mol. The van der Waals surface area contributed by atoms with E-state index in [9.17, 15) is 0 Å². The maximum atomic E-state index is 4.95. The summed E-state index contributed by atoms with van der Waals surface area (Å²) in [6, 6.07) is 0.469. The molecular formula is C10H19N3O. The summed E-state index contributed by atoms with van der Waals surface area (Å²) < 4.78 is 7.12. The van der Waals surface area contributed by atoms with Crippen molar-refractivity contribution in [2.75, 3.05) is 20.3 Å². The Morgan fingerprint density at radius 1 is 1.57 bits per heavy atom. The fourth-order valence-electron chi connectivity index (χ4n) is 1.32. The molecule has 0 aliphatic rings. The van der Waals surface area contributed by atoms with E-state index in [-0.39, 0.29) is 0 Å². The van der Waals surface area contributed by atoms with Crippen LogP contribution in [0.2, 0.25) is 0 Å². The second-order valence-electron chi connectivity index (χ2n) is 3.56. The van der Waals surface area contributed by atoms with Gasteiger partial charge in [-0.1, -0.05) is 0 Å². The van der Waals surface area contributed by atoms with Crippen LogP contribution in [0.5, 0.6) is 0 Å². The Kier molecular flexibility index (Phi) is 4.62. The predicted molar refractivity (Wildman–Crippen MR) is 56.2 cm³/mol. The van der Waals surface area contributed by atoms with Gasteiger partial charge in [0.1, 0.15) is 0 Å². The molecule has 0 spiro atoms. The molecule has 1 heterocycles. The van der Waals surface area contributed by atoms with E-state index in [0.717, 1.165) is 19.7 Å². The van der Waals surface area contributed by atoms with E-state index in [4.69, 9.17) is 4.74 Å². The Morgan fingerprint density at radius 3 is 3.00 bits per heavy atom. The fraction of sp³-hybridized carbons (Fsp3) is 0.700. The molecule has 0 bridgehead atoms. The van der Waals surface area contributed by atoms with Crippen molar-refractivity contribution in [3.05, 3.63) is 18.2 Å². The van der Waals surface area contributed by atoms with Crippen molar-refractivity contribution in [2.24, 2.45) is 0 Å². The molecule has 1 aromatic rings. The first-order valence-electron chi connectivity index (χ1n) is 4.96. The van der Waals surface area contributed by atoms with E-state index in [1.165, 1.54) is 5.69 Å². The summed E-state index contributed by atoms with van der Waals surface area (Å²) in [6.07, 6.45) is 3.78. The molecule has 0 aromatic carbocycles. The van der Waals surface area contributed by atoms with Gasteiger partial charge in [-0.3, -0.25) is 0 Å². The number of ether oxygens (including phenoxy) is 1. The van der Waals surface area contributed by atoms with Gasteiger partial charge in [-0.25, -0.2) is 4.98 Å². The average Bonchev–Trinajstić information content (AvgIpc) is 2.60. The maximum Gasteiger partial charge on any atom is 0.0951 e. The van der Waals surface area contributed by atoms with Gasteiger partial charge in [0.2, 0.25) is 0 Å². The first-order chi connectivity index (χ1) is 6.75. The largest absolute Gasteiger partial charge is 0.383 e. The summed E-state index contributed by atoms with van der Waals surface area (Å²) in [5.74, 6) is 0. The number of hydrogen-bond acceptors (Lipinski definition) is 3. The minimum Gasteiger partial charge on any atom is -0.383 e. The normalized spacial score (nSPS) is 11.1. The zero-order valence-corrected chi connectivity index (χ0v) is 9.16. The fourth-order valence-corrected chi connectivity index (χ4v) is 1.32. The van der Waals surface area contributed by atoms with Crippen molar-refractivity contribution in [3.63, 3.8) is 0 Å². The van der Waals surface area contributed by atoms with Crippen LogP contribution in [-0.2, 0) is 11.3 Å². The number of imidazole rings is 1. The van der Waals surface area contributed by atoms with Crippen LogP contribution in [0.3, 0.4) is 0 Å². The van der Waals surface area contributed by atoms with E-state index in [0.29, 0.717) is 6.04 Å². The van der Waals surface area contributed by atoms with Crippen molar-refractivity contribution in [3.8, 4) is 0 Å². The molecule has 0 fully saturated rings. The molecular weight excluding hydrogens is 178 g/mol. The summed E-state index contributed by atoms with van der Waals surface area (Å²) >= 11 is 0. The van der Waals surface area contributed by atoms with Crippen molar-refractivity contribution in [2.45, 2.75) is 26.4 Å². The van der Waals surface area contributed by atoms with Crippen LogP contribution in [0.15, 0.2) is 12.5 Å². The smallest absolute Gasteiger partial charge is 0.0951 e. The lowest BCUT2D eigenvalue weighted by atomic mass is 10.3. The third-order valence-corrected chi connectivity index (χ3v) is 2.09. The highest BCUT2D eigenvalue weighted by Crippen LogP contribution is 2.07. The van der Waals surface area contributed by atoms with E-state index in [2.05, 4.69) is 28.7 Å². The summed E-state index contributed by atoms with van der Waals surface area (Å²) in [5.41, 5.74) is 1.22. The number of aromatic nitrogens is 2. The number of nitrogens with one attached hydrogen (secondary N) is 1. The van der Waals surface area contributed by atoms with Gasteiger partial charge >= 0.3 is 0 Å². The zero-order valence-electron chi connectivity index (χ0n) is 9.16. The number of rotatable bonds is 6. The van der Waals surface area contributed by atoms with Crippen molar-refractivity contribution in [1.82, 2.24) is 14.9 Å².